The SMILES string of the molecule is CC(Oc1ccccc1)C(=O)N1CCN(c2ncnc3c2nnn3-c2cccc(F)c2)CC1. The molecule has 33 heavy (non-hydrogen) atoms. The number of benzene rings is 2. The van der Waals surface area contributed by atoms with E-state index < -0.39 is 6.10 Å². The van der Waals surface area contributed by atoms with Gasteiger partial charge in [0.25, 0.3) is 5.91 Å². The van der Waals surface area contributed by atoms with E-state index in [0.717, 1.165) is 0 Å². The summed E-state index contributed by atoms with van der Waals surface area (Å²) in [6.07, 6.45) is 0.875. The molecule has 1 unspecified atom stereocenters. The molecule has 4 aromatic rings. The number of piperazine rings is 1. The highest BCUT2D eigenvalue weighted by atomic mass is 19.1. The Kier molecular flexibility index (Phi) is 5.55. The first kappa shape index (κ1) is 20.8. The zero-order valence-corrected chi connectivity index (χ0v) is 18.0. The maximum atomic E-state index is 13.7. The van der Waals surface area contributed by atoms with Gasteiger partial charge >= 0.3 is 0 Å². The molecule has 0 saturated carbocycles. The average molecular weight is 447 g/mol. The van der Waals surface area contributed by atoms with E-state index in [0.29, 0.717) is 54.6 Å². The van der Waals surface area contributed by atoms with Crippen LogP contribution in [-0.4, -0.2) is 68.1 Å². The topological polar surface area (TPSA) is 89.3 Å². The van der Waals surface area contributed by atoms with Crippen molar-refractivity contribution in [1.82, 2.24) is 29.9 Å². The van der Waals surface area contributed by atoms with Crippen molar-refractivity contribution in [2.45, 2.75) is 13.0 Å². The highest BCUT2D eigenvalue weighted by Crippen LogP contribution is 2.24. The van der Waals surface area contributed by atoms with Crippen molar-refractivity contribution in [2.24, 2.45) is 0 Å². The lowest BCUT2D eigenvalue weighted by Gasteiger charge is -2.36. The lowest BCUT2D eigenvalue weighted by molar-refractivity contribution is -0.138. The Labute approximate surface area is 189 Å². The van der Waals surface area contributed by atoms with Gasteiger partial charge in [0.15, 0.2) is 23.1 Å². The van der Waals surface area contributed by atoms with Gasteiger partial charge in [-0.05, 0) is 37.3 Å². The molecule has 1 saturated heterocycles. The van der Waals surface area contributed by atoms with Gasteiger partial charge in [0.1, 0.15) is 17.9 Å². The van der Waals surface area contributed by atoms with E-state index >= 15 is 0 Å². The Morgan fingerprint density at radius 1 is 1.03 bits per heavy atom. The number of aromatic nitrogens is 5. The molecule has 2 aromatic heterocycles. The lowest BCUT2D eigenvalue weighted by Crippen LogP contribution is -2.52. The van der Waals surface area contributed by atoms with E-state index in [4.69, 9.17) is 4.74 Å². The second-order valence-corrected chi connectivity index (χ2v) is 7.74. The van der Waals surface area contributed by atoms with Crippen LogP contribution in [0.2, 0.25) is 0 Å². The number of hydrogen-bond acceptors (Lipinski definition) is 7. The number of ether oxygens (including phenoxy) is 1. The van der Waals surface area contributed by atoms with Gasteiger partial charge in [0.05, 0.1) is 5.69 Å². The van der Waals surface area contributed by atoms with Crippen molar-refractivity contribution < 1.29 is 13.9 Å². The molecule has 3 heterocycles. The summed E-state index contributed by atoms with van der Waals surface area (Å²) in [7, 11) is 0. The molecule has 1 atom stereocenters. The second-order valence-electron chi connectivity index (χ2n) is 7.74. The number of para-hydroxylation sites is 1. The van der Waals surface area contributed by atoms with E-state index in [1.165, 1.54) is 23.1 Å². The number of nitrogens with zero attached hydrogens (tertiary/aromatic N) is 7. The predicted octanol–water partition coefficient (Wildman–Crippen LogP) is 2.47. The molecule has 1 aliphatic rings. The molecule has 10 heteroatoms. The van der Waals surface area contributed by atoms with Crippen LogP contribution in [0.5, 0.6) is 5.75 Å². The van der Waals surface area contributed by atoms with Crippen molar-refractivity contribution in [2.75, 3.05) is 31.1 Å². The molecule has 1 fully saturated rings. The van der Waals surface area contributed by atoms with E-state index in [2.05, 4.69) is 25.2 Å². The van der Waals surface area contributed by atoms with Crippen LogP contribution >= 0.6 is 0 Å². The van der Waals surface area contributed by atoms with Crippen molar-refractivity contribution >= 4 is 22.9 Å². The lowest BCUT2D eigenvalue weighted by atomic mass is 10.2. The fourth-order valence-electron chi connectivity index (χ4n) is 3.90. The molecule has 0 radical (unpaired) electrons. The van der Waals surface area contributed by atoms with Crippen LogP contribution < -0.4 is 9.64 Å². The summed E-state index contributed by atoms with van der Waals surface area (Å²) >= 11 is 0. The molecule has 2 aromatic carbocycles. The van der Waals surface area contributed by atoms with Crippen LogP contribution in [0.15, 0.2) is 60.9 Å². The standard InChI is InChI=1S/C23H22FN7O2/c1-16(33-19-8-3-2-4-9-19)23(32)30-12-10-29(11-13-30)21-20-22(26-15-25-21)31(28-27-20)18-7-5-6-17(24)14-18/h2-9,14-16H,10-13H2,1H3. The third-order valence-corrected chi connectivity index (χ3v) is 5.57. The summed E-state index contributed by atoms with van der Waals surface area (Å²) < 4.78 is 20.9. The van der Waals surface area contributed by atoms with Gasteiger partial charge in [-0.25, -0.2) is 14.4 Å². The third kappa shape index (κ3) is 4.19. The summed E-state index contributed by atoms with van der Waals surface area (Å²) in [5, 5.41) is 8.41. The van der Waals surface area contributed by atoms with Crippen molar-refractivity contribution in [3.63, 3.8) is 0 Å². The maximum absolute atomic E-state index is 13.7. The number of carbonyl (C=O) groups is 1. The Bertz CT molecular complexity index is 1270. The summed E-state index contributed by atoms with van der Waals surface area (Å²) in [6, 6.07) is 15.4. The average Bonchev–Trinajstić information content (AvgIpc) is 3.29. The first-order valence-corrected chi connectivity index (χ1v) is 10.7. The summed E-state index contributed by atoms with van der Waals surface area (Å²) in [4.78, 5) is 25.4. The summed E-state index contributed by atoms with van der Waals surface area (Å²) in [5.74, 6) is 0.894. The fraction of sp³-hybridized carbons (Fsp3) is 0.261. The summed E-state index contributed by atoms with van der Waals surface area (Å²) in [5.41, 5.74) is 1.56. The van der Waals surface area contributed by atoms with Crippen LogP contribution in [0, 0.1) is 5.82 Å². The van der Waals surface area contributed by atoms with Crippen LogP contribution in [0.25, 0.3) is 16.9 Å². The molecule has 1 aliphatic heterocycles. The number of rotatable bonds is 5. The minimum atomic E-state index is -0.573. The van der Waals surface area contributed by atoms with Crippen molar-refractivity contribution in [3.05, 3.63) is 66.7 Å². The second kappa shape index (κ2) is 8.81. The molecule has 0 spiro atoms. The fourth-order valence-corrected chi connectivity index (χ4v) is 3.90. The molecular formula is C23H22FN7O2. The molecule has 5 rings (SSSR count). The molecular weight excluding hydrogens is 425 g/mol. The maximum Gasteiger partial charge on any atom is 0.263 e. The van der Waals surface area contributed by atoms with Gasteiger partial charge in [-0.1, -0.05) is 29.5 Å². The number of fused-ring (bicyclic) bond motifs is 1. The number of hydrogen-bond donors (Lipinski definition) is 0. The third-order valence-electron chi connectivity index (χ3n) is 5.57. The molecule has 9 nitrogen and oxygen atoms in total. The van der Waals surface area contributed by atoms with Gasteiger partial charge in [-0.15, -0.1) is 5.10 Å². The van der Waals surface area contributed by atoms with Gasteiger partial charge in [-0.2, -0.15) is 4.68 Å². The normalized spacial score (nSPS) is 15.0. The zero-order valence-electron chi connectivity index (χ0n) is 18.0. The van der Waals surface area contributed by atoms with E-state index in [1.54, 1.807) is 24.0 Å². The number of amides is 1. The Morgan fingerprint density at radius 3 is 2.58 bits per heavy atom. The minimum Gasteiger partial charge on any atom is -0.481 e. The molecule has 1 amide bonds. The Balaban J connectivity index is 1.29. The number of carbonyl (C=O) groups excluding carboxylic acids is 1. The van der Waals surface area contributed by atoms with Gasteiger partial charge < -0.3 is 14.5 Å². The molecule has 0 N–H and O–H groups in total. The predicted molar refractivity (Wildman–Crippen MR) is 120 cm³/mol. The minimum absolute atomic E-state index is 0.0524. The van der Waals surface area contributed by atoms with E-state index in [9.17, 15) is 9.18 Å². The monoisotopic (exact) mass is 447 g/mol. The number of halogens is 1. The molecule has 168 valence electrons. The highest BCUT2D eigenvalue weighted by molar-refractivity contribution is 5.84. The van der Waals surface area contributed by atoms with Gasteiger partial charge in [0, 0.05) is 26.2 Å². The Hall–Kier alpha value is -4.08. The first-order chi connectivity index (χ1) is 16.1. The quantitative estimate of drug-likeness (QED) is 0.464. The Morgan fingerprint density at radius 2 is 1.82 bits per heavy atom. The van der Waals surface area contributed by atoms with Gasteiger partial charge in [-0.3, -0.25) is 4.79 Å². The highest BCUT2D eigenvalue weighted by Gasteiger charge is 2.28. The molecule has 0 bridgehead atoms. The van der Waals surface area contributed by atoms with E-state index in [1.807, 2.05) is 30.3 Å². The van der Waals surface area contributed by atoms with Crippen LogP contribution in [0.1, 0.15) is 6.92 Å². The van der Waals surface area contributed by atoms with E-state index in [-0.39, 0.29) is 11.7 Å². The van der Waals surface area contributed by atoms with Crippen LogP contribution in [-0.2, 0) is 4.79 Å². The van der Waals surface area contributed by atoms with Crippen LogP contribution in [0.4, 0.5) is 10.2 Å². The van der Waals surface area contributed by atoms with Gasteiger partial charge in [0.2, 0.25) is 0 Å². The molecule has 0 aliphatic carbocycles. The largest absolute Gasteiger partial charge is 0.481 e. The zero-order chi connectivity index (χ0) is 22.8. The first-order valence-electron chi connectivity index (χ1n) is 10.7. The van der Waals surface area contributed by atoms with Crippen molar-refractivity contribution in [3.8, 4) is 11.4 Å². The van der Waals surface area contributed by atoms with Crippen LogP contribution in [0.3, 0.4) is 0 Å². The number of anilines is 1. The van der Waals surface area contributed by atoms with Crippen molar-refractivity contribution in [1.29, 1.82) is 0 Å². The smallest absolute Gasteiger partial charge is 0.263 e. The summed E-state index contributed by atoms with van der Waals surface area (Å²) in [6.45, 7) is 4.00.